The average molecular weight is 510 g/mol. The van der Waals surface area contributed by atoms with Crippen LogP contribution in [0, 0.1) is 12.7 Å². The number of amides is 1. The molecule has 2 aromatic heterocycles. The molecule has 1 aliphatic rings. The smallest absolute Gasteiger partial charge is 0.259 e. The van der Waals surface area contributed by atoms with Crippen molar-refractivity contribution in [1.29, 1.82) is 0 Å². The molecule has 1 saturated heterocycles. The third-order valence-electron chi connectivity index (χ3n) is 7.00. The molecule has 4 aromatic rings. The van der Waals surface area contributed by atoms with Gasteiger partial charge in [0.15, 0.2) is 0 Å². The fraction of sp³-hybridized carbons (Fsp3) is 0.357. The lowest BCUT2D eigenvalue weighted by Gasteiger charge is -2.32. The van der Waals surface area contributed by atoms with E-state index < -0.39 is 5.82 Å². The van der Waals surface area contributed by atoms with Crippen molar-refractivity contribution in [1.82, 2.24) is 14.6 Å². The highest BCUT2D eigenvalue weighted by Crippen LogP contribution is 2.37. The van der Waals surface area contributed by atoms with Gasteiger partial charge in [0.1, 0.15) is 22.8 Å². The van der Waals surface area contributed by atoms with Crippen molar-refractivity contribution in [3.8, 4) is 11.3 Å². The van der Waals surface area contributed by atoms with Crippen molar-refractivity contribution >= 4 is 28.4 Å². The summed E-state index contributed by atoms with van der Waals surface area (Å²) in [4.78, 5) is 15.4. The maximum Gasteiger partial charge on any atom is 0.259 e. The second kappa shape index (κ2) is 10.4. The average Bonchev–Trinajstić information content (AvgIpc) is 3.45. The van der Waals surface area contributed by atoms with E-state index >= 15 is 0 Å². The van der Waals surface area contributed by atoms with E-state index in [9.17, 15) is 9.18 Å². The molecule has 1 aliphatic heterocycles. The van der Waals surface area contributed by atoms with Crippen LogP contribution >= 0.6 is 11.6 Å². The normalized spacial score (nSPS) is 14.6. The van der Waals surface area contributed by atoms with E-state index in [1.165, 1.54) is 28.6 Å². The molecule has 36 heavy (non-hydrogen) atoms. The molecule has 0 unspecified atom stereocenters. The molecule has 3 heterocycles. The summed E-state index contributed by atoms with van der Waals surface area (Å²) in [7, 11) is 0. The number of fused-ring (bicyclic) bond motifs is 1. The predicted molar refractivity (Wildman–Crippen MR) is 138 cm³/mol. The first-order valence-corrected chi connectivity index (χ1v) is 12.7. The van der Waals surface area contributed by atoms with Crippen LogP contribution < -0.4 is 0 Å². The Morgan fingerprint density at radius 2 is 1.97 bits per heavy atom. The SMILES string of the molecule is CCOCCn1cc(C2CCN(C(=O)c3c(-c4c(F)cccc4Cl)noc3C)CC2)c2ccccc21. The van der Waals surface area contributed by atoms with Gasteiger partial charge in [-0.1, -0.05) is 41.0 Å². The summed E-state index contributed by atoms with van der Waals surface area (Å²) in [6.45, 7) is 7.04. The third kappa shape index (κ3) is 4.53. The van der Waals surface area contributed by atoms with Gasteiger partial charge in [0, 0.05) is 43.3 Å². The third-order valence-corrected chi connectivity index (χ3v) is 7.31. The van der Waals surface area contributed by atoms with Crippen molar-refractivity contribution in [3.63, 3.8) is 0 Å². The lowest BCUT2D eigenvalue weighted by molar-refractivity contribution is 0.0712. The molecule has 2 aromatic carbocycles. The van der Waals surface area contributed by atoms with Crippen LogP contribution in [-0.2, 0) is 11.3 Å². The summed E-state index contributed by atoms with van der Waals surface area (Å²) in [5.74, 6) is -0.0462. The van der Waals surface area contributed by atoms with E-state index in [1.54, 1.807) is 13.0 Å². The summed E-state index contributed by atoms with van der Waals surface area (Å²) < 4.78 is 27.8. The molecule has 1 amide bonds. The van der Waals surface area contributed by atoms with E-state index in [4.69, 9.17) is 20.9 Å². The van der Waals surface area contributed by atoms with Gasteiger partial charge in [0.25, 0.3) is 5.91 Å². The second-order valence-electron chi connectivity index (χ2n) is 9.12. The number of benzene rings is 2. The Morgan fingerprint density at radius 3 is 2.72 bits per heavy atom. The minimum Gasteiger partial charge on any atom is -0.380 e. The van der Waals surface area contributed by atoms with Crippen LogP contribution in [0.25, 0.3) is 22.2 Å². The first kappa shape index (κ1) is 24.5. The molecule has 0 N–H and O–H groups in total. The number of rotatable bonds is 7. The van der Waals surface area contributed by atoms with Crippen molar-refractivity contribution in [3.05, 3.63) is 76.4 Å². The van der Waals surface area contributed by atoms with Gasteiger partial charge in [-0.05, 0) is 56.4 Å². The van der Waals surface area contributed by atoms with Gasteiger partial charge in [-0.3, -0.25) is 4.79 Å². The fourth-order valence-corrected chi connectivity index (χ4v) is 5.42. The second-order valence-corrected chi connectivity index (χ2v) is 9.52. The Hall–Kier alpha value is -3.16. The number of carbonyl (C=O) groups is 1. The largest absolute Gasteiger partial charge is 0.380 e. The number of hydrogen-bond acceptors (Lipinski definition) is 4. The van der Waals surface area contributed by atoms with E-state index in [0.717, 1.165) is 19.4 Å². The first-order chi connectivity index (χ1) is 17.5. The Morgan fingerprint density at radius 1 is 1.19 bits per heavy atom. The maximum absolute atomic E-state index is 14.6. The van der Waals surface area contributed by atoms with Gasteiger partial charge in [0.05, 0.1) is 17.2 Å². The number of piperidine rings is 1. The topological polar surface area (TPSA) is 60.5 Å². The van der Waals surface area contributed by atoms with Crippen LogP contribution in [0.4, 0.5) is 4.39 Å². The molecule has 0 radical (unpaired) electrons. The number of para-hydroxylation sites is 1. The molecular weight excluding hydrogens is 481 g/mol. The van der Waals surface area contributed by atoms with Gasteiger partial charge in [-0.25, -0.2) is 4.39 Å². The lowest BCUT2D eigenvalue weighted by atomic mass is 9.89. The highest BCUT2D eigenvalue weighted by atomic mass is 35.5. The number of ether oxygens (including phenoxy) is 1. The van der Waals surface area contributed by atoms with Crippen LogP contribution in [0.5, 0.6) is 0 Å². The van der Waals surface area contributed by atoms with E-state index in [1.807, 2.05) is 11.8 Å². The van der Waals surface area contributed by atoms with Crippen molar-refractivity contribution < 1.29 is 18.4 Å². The molecule has 0 atom stereocenters. The molecule has 5 rings (SSSR count). The summed E-state index contributed by atoms with van der Waals surface area (Å²) in [6.07, 6.45) is 3.92. The van der Waals surface area contributed by atoms with Gasteiger partial charge in [-0.2, -0.15) is 0 Å². The Kier molecular flexibility index (Phi) is 7.12. The molecule has 0 spiro atoms. The Labute approximate surface area is 214 Å². The van der Waals surface area contributed by atoms with Crippen LogP contribution in [0.3, 0.4) is 0 Å². The number of aromatic nitrogens is 2. The van der Waals surface area contributed by atoms with Crippen LogP contribution in [0.15, 0.2) is 53.2 Å². The quantitative estimate of drug-likeness (QED) is 0.268. The first-order valence-electron chi connectivity index (χ1n) is 12.3. The summed E-state index contributed by atoms with van der Waals surface area (Å²) in [6, 6.07) is 12.9. The molecular formula is C28H29ClFN3O3. The number of aryl methyl sites for hydroxylation is 1. The van der Waals surface area contributed by atoms with Gasteiger partial charge >= 0.3 is 0 Å². The lowest BCUT2D eigenvalue weighted by Crippen LogP contribution is -2.38. The number of nitrogens with zero attached hydrogens (tertiary/aromatic N) is 3. The molecule has 8 heteroatoms. The zero-order valence-corrected chi connectivity index (χ0v) is 21.2. The number of likely N-dealkylation sites (tertiary alicyclic amines) is 1. The predicted octanol–water partition coefficient (Wildman–Crippen LogP) is 6.45. The molecule has 0 bridgehead atoms. The Bertz CT molecular complexity index is 1370. The molecule has 6 nitrogen and oxygen atoms in total. The van der Waals surface area contributed by atoms with Crippen LogP contribution in [0.2, 0.25) is 5.02 Å². The van der Waals surface area contributed by atoms with Crippen molar-refractivity contribution in [2.45, 2.75) is 39.2 Å². The fourth-order valence-electron chi connectivity index (χ4n) is 5.16. The number of carbonyl (C=O) groups excluding carboxylic acids is 1. The highest BCUT2D eigenvalue weighted by Gasteiger charge is 2.32. The summed E-state index contributed by atoms with van der Waals surface area (Å²) in [5, 5.41) is 5.44. The standard InChI is InChI=1S/C28H29ClFN3O3/c1-3-35-16-15-33-17-21(20-7-4-5-10-24(20)33)19-11-13-32(14-12-19)28(34)25-18(2)36-31-27(25)26-22(29)8-6-9-23(26)30/h4-10,17,19H,3,11-16H2,1-2H3. The number of halogens is 2. The van der Waals surface area contributed by atoms with E-state index in [2.05, 4.69) is 40.2 Å². The molecule has 0 aliphatic carbocycles. The minimum absolute atomic E-state index is 0.0918. The van der Waals surface area contributed by atoms with Crippen LogP contribution in [-0.4, -0.2) is 46.8 Å². The summed E-state index contributed by atoms with van der Waals surface area (Å²) in [5.41, 5.74) is 3.04. The Balaban J connectivity index is 1.36. The molecule has 188 valence electrons. The number of hydrogen-bond donors (Lipinski definition) is 0. The molecule has 1 fully saturated rings. The van der Waals surface area contributed by atoms with Gasteiger partial charge < -0.3 is 18.7 Å². The van der Waals surface area contributed by atoms with Gasteiger partial charge in [0.2, 0.25) is 0 Å². The van der Waals surface area contributed by atoms with Crippen molar-refractivity contribution in [2.75, 3.05) is 26.3 Å². The highest BCUT2D eigenvalue weighted by molar-refractivity contribution is 6.33. The van der Waals surface area contributed by atoms with E-state index in [-0.39, 0.29) is 27.8 Å². The zero-order valence-electron chi connectivity index (χ0n) is 20.5. The summed E-state index contributed by atoms with van der Waals surface area (Å²) >= 11 is 6.26. The van der Waals surface area contributed by atoms with Crippen LogP contribution in [0.1, 0.15) is 47.4 Å². The maximum atomic E-state index is 14.6. The minimum atomic E-state index is -0.538. The van der Waals surface area contributed by atoms with Crippen molar-refractivity contribution in [2.24, 2.45) is 0 Å². The van der Waals surface area contributed by atoms with E-state index in [0.29, 0.717) is 38.0 Å². The monoisotopic (exact) mass is 509 g/mol. The zero-order chi connectivity index (χ0) is 25.2. The molecule has 0 saturated carbocycles. The van der Waals surface area contributed by atoms with Gasteiger partial charge in [-0.15, -0.1) is 0 Å².